The highest BCUT2D eigenvalue weighted by Gasteiger charge is 1.86. The summed E-state index contributed by atoms with van der Waals surface area (Å²) in [7, 11) is 0. The third kappa shape index (κ3) is 45.1. The average molecular weight is 353 g/mol. The lowest BCUT2D eigenvalue weighted by atomic mass is 10.1. The van der Waals surface area contributed by atoms with E-state index in [0.717, 1.165) is 0 Å². The molecule has 0 heteroatoms. The molecule has 0 aromatic rings. The lowest BCUT2D eigenvalue weighted by Crippen LogP contribution is -1.75. The highest BCUT2D eigenvalue weighted by atomic mass is 13.9. The molecule has 0 saturated heterocycles. The molecule has 0 aliphatic carbocycles. The zero-order chi connectivity index (χ0) is 18.7. The van der Waals surface area contributed by atoms with E-state index in [1.165, 1.54) is 96.3 Å². The zero-order valence-corrected chi connectivity index (χ0v) is 17.5. The van der Waals surface area contributed by atoms with Gasteiger partial charge in [-0.25, -0.2) is 0 Å². The third-order valence-corrected chi connectivity index (χ3v) is 3.88. The van der Waals surface area contributed by atoms with Gasteiger partial charge in [-0.3, -0.25) is 0 Å². The normalized spacial score (nSPS) is 9.40. The topological polar surface area (TPSA) is 0 Å². The van der Waals surface area contributed by atoms with Crippen LogP contribution in [0.5, 0.6) is 0 Å². The molecule has 25 heavy (non-hydrogen) atoms. The second-order valence-electron chi connectivity index (χ2n) is 6.31. The van der Waals surface area contributed by atoms with Crippen LogP contribution in [0.1, 0.15) is 125 Å². The van der Waals surface area contributed by atoms with Crippen LogP contribution >= 0.6 is 0 Å². The van der Waals surface area contributed by atoms with Gasteiger partial charge in [0.25, 0.3) is 0 Å². The number of unbranched alkanes of at least 4 members (excludes halogenated alkanes) is 12. The minimum absolute atomic E-state index is 0. The first-order valence-electron chi connectivity index (χ1n) is 10.6. The van der Waals surface area contributed by atoms with Crippen LogP contribution in [0.15, 0.2) is 38.0 Å². The minimum atomic E-state index is 0. The molecular weight excluding hydrogens is 300 g/mol. The Labute approximate surface area is 162 Å². The molecule has 0 aliphatic rings. The minimum Gasteiger partial charge on any atom is -0.106 e. The van der Waals surface area contributed by atoms with E-state index in [2.05, 4.69) is 52.7 Å². The van der Waals surface area contributed by atoms with Crippen molar-refractivity contribution in [3.8, 4) is 0 Å². The fourth-order valence-electron chi connectivity index (χ4n) is 2.33. The molecule has 0 saturated carbocycles. The Morgan fingerprint density at radius 2 is 0.840 bits per heavy atom. The van der Waals surface area contributed by atoms with Gasteiger partial charge in [-0.1, -0.05) is 104 Å². The van der Waals surface area contributed by atoms with Crippen molar-refractivity contribution in [3.63, 3.8) is 0 Å². The molecule has 0 amide bonds. The first kappa shape index (κ1) is 31.9. The van der Waals surface area contributed by atoms with Crippen molar-refractivity contribution in [1.82, 2.24) is 0 Å². The molecular formula is C25H52. The molecule has 0 spiro atoms. The molecule has 0 atom stereocenters. The van der Waals surface area contributed by atoms with Gasteiger partial charge in [-0.2, -0.15) is 0 Å². The van der Waals surface area contributed by atoms with E-state index in [1.54, 1.807) is 0 Å². The van der Waals surface area contributed by atoms with Gasteiger partial charge in [-0.05, 0) is 38.5 Å². The average Bonchev–Trinajstić information content (AvgIpc) is 2.63. The molecule has 0 aliphatic heterocycles. The van der Waals surface area contributed by atoms with Gasteiger partial charge >= 0.3 is 0 Å². The van der Waals surface area contributed by atoms with Crippen molar-refractivity contribution in [2.75, 3.05) is 0 Å². The second kappa shape index (κ2) is 38.7. The third-order valence-electron chi connectivity index (χ3n) is 3.88. The summed E-state index contributed by atoms with van der Waals surface area (Å²) < 4.78 is 0. The van der Waals surface area contributed by atoms with Gasteiger partial charge in [0.15, 0.2) is 0 Å². The number of hydrogen-bond acceptors (Lipinski definition) is 0. The summed E-state index contributed by atoms with van der Waals surface area (Å²) in [4.78, 5) is 0. The summed E-state index contributed by atoms with van der Waals surface area (Å²) in [6.45, 7) is 16.4. The van der Waals surface area contributed by atoms with Gasteiger partial charge < -0.3 is 0 Å². The van der Waals surface area contributed by atoms with E-state index < -0.39 is 0 Å². The lowest BCUT2D eigenvalue weighted by Gasteiger charge is -1.95. The fourth-order valence-corrected chi connectivity index (χ4v) is 2.33. The highest BCUT2D eigenvalue weighted by Crippen LogP contribution is 2.06. The van der Waals surface area contributed by atoms with Crippen molar-refractivity contribution in [2.45, 2.75) is 125 Å². The Balaban J connectivity index is -0.000000172. The van der Waals surface area contributed by atoms with Crippen molar-refractivity contribution >= 4 is 0 Å². The van der Waals surface area contributed by atoms with Crippen molar-refractivity contribution < 1.29 is 0 Å². The summed E-state index contributed by atoms with van der Waals surface area (Å²) in [6.07, 6.45) is 27.1. The van der Waals surface area contributed by atoms with Crippen LogP contribution in [0.4, 0.5) is 0 Å². The van der Waals surface area contributed by atoms with Crippen molar-refractivity contribution in [3.05, 3.63) is 38.0 Å². The molecule has 0 aromatic heterocycles. The van der Waals surface area contributed by atoms with Crippen LogP contribution in [0.2, 0.25) is 0 Å². The zero-order valence-electron chi connectivity index (χ0n) is 17.5. The molecule has 0 radical (unpaired) electrons. The highest BCUT2D eigenvalue weighted by molar-refractivity contribution is 4.81. The van der Waals surface area contributed by atoms with Crippen molar-refractivity contribution in [2.24, 2.45) is 0 Å². The van der Waals surface area contributed by atoms with E-state index in [0.29, 0.717) is 0 Å². The molecule has 0 bridgehead atoms. The first-order valence-corrected chi connectivity index (χ1v) is 10.6. The quantitative estimate of drug-likeness (QED) is 0.203. The second-order valence-corrected chi connectivity index (χ2v) is 6.31. The molecule has 0 unspecified atom stereocenters. The largest absolute Gasteiger partial charge is 0.106 e. The van der Waals surface area contributed by atoms with Crippen LogP contribution in [-0.2, 0) is 0 Å². The smallest absolute Gasteiger partial charge is 0.0351 e. The molecule has 0 nitrogen and oxygen atoms in total. The Morgan fingerprint density at radius 1 is 0.520 bits per heavy atom. The monoisotopic (exact) mass is 352 g/mol. The molecule has 0 fully saturated rings. The van der Waals surface area contributed by atoms with Gasteiger partial charge in [0.05, 0.1) is 0 Å². The predicted octanol–water partition coefficient (Wildman–Crippen LogP) is 10.1. The maximum Gasteiger partial charge on any atom is -0.0351 e. The Morgan fingerprint density at radius 3 is 1.12 bits per heavy atom. The summed E-state index contributed by atoms with van der Waals surface area (Å²) in [5.74, 6) is 0. The Bertz CT molecular complexity index is 200. The maximum atomic E-state index is 3.66. The van der Waals surface area contributed by atoms with Crippen molar-refractivity contribution in [1.29, 1.82) is 0 Å². The van der Waals surface area contributed by atoms with Crippen LogP contribution in [0.3, 0.4) is 0 Å². The van der Waals surface area contributed by atoms with Gasteiger partial charge in [0.2, 0.25) is 0 Å². The van der Waals surface area contributed by atoms with Gasteiger partial charge in [0, 0.05) is 0 Å². The summed E-state index contributed by atoms with van der Waals surface area (Å²) in [6, 6.07) is 0. The van der Waals surface area contributed by atoms with E-state index in [9.17, 15) is 0 Å². The van der Waals surface area contributed by atoms with E-state index >= 15 is 0 Å². The predicted molar refractivity (Wildman–Crippen MR) is 124 cm³/mol. The Hall–Kier alpha value is -0.780. The molecule has 0 rings (SSSR count). The van der Waals surface area contributed by atoms with Crippen LogP contribution in [0.25, 0.3) is 0 Å². The number of rotatable bonds is 15. The molecule has 0 N–H and O–H groups in total. The van der Waals surface area contributed by atoms with E-state index in [4.69, 9.17) is 0 Å². The summed E-state index contributed by atoms with van der Waals surface area (Å²) >= 11 is 0. The summed E-state index contributed by atoms with van der Waals surface area (Å²) in [5.41, 5.74) is 0. The number of allylic oxidation sites excluding steroid dienone is 3. The maximum absolute atomic E-state index is 3.66. The van der Waals surface area contributed by atoms with Crippen LogP contribution < -0.4 is 0 Å². The fraction of sp³-hybridized carbons (Fsp3) is 0.760. The Kier molecular flexibility index (Phi) is 49.4. The van der Waals surface area contributed by atoms with Gasteiger partial charge in [-0.15, -0.1) is 19.7 Å². The molecule has 0 heterocycles. The standard InChI is InChI=1S/C14H28.C8H16.C2H4.CH4/c1-3-5-7-9-11-13-14-12-10-8-6-4-2;1-3-5-7-8-6-4-2;1-2;/h13-14H,3-12H2,1-2H3;3H,1,4-8H2,2H3;1-2H2;1H4/b14-13+;;;. The van der Waals surface area contributed by atoms with Crippen LogP contribution in [0, 0.1) is 0 Å². The SMILES string of the molecule is C.C=C.C=CCCCCCC.CCCCCC/C=C/CCCCCC. The molecule has 152 valence electrons. The number of hydrogen-bond donors (Lipinski definition) is 0. The van der Waals surface area contributed by atoms with Gasteiger partial charge in [0.1, 0.15) is 0 Å². The van der Waals surface area contributed by atoms with E-state index in [1.807, 2.05) is 6.08 Å². The van der Waals surface area contributed by atoms with Crippen LogP contribution in [-0.4, -0.2) is 0 Å². The van der Waals surface area contributed by atoms with E-state index in [-0.39, 0.29) is 7.43 Å². The summed E-state index contributed by atoms with van der Waals surface area (Å²) in [5, 5.41) is 0. The lowest BCUT2D eigenvalue weighted by molar-refractivity contribution is 0.665. The first-order chi connectivity index (χ1) is 11.8. The molecule has 0 aromatic carbocycles.